The average molecular weight is 222 g/mol. The molecule has 2 nitrogen and oxygen atoms in total. The number of aliphatic hydroxyl groups is 1. The van der Waals surface area contributed by atoms with E-state index in [9.17, 15) is 5.11 Å². The maximum absolute atomic E-state index is 10.0. The van der Waals surface area contributed by atoms with Gasteiger partial charge in [0.2, 0.25) is 0 Å². The summed E-state index contributed by atoms with van der Waals surface area (Å²) in [6.07, 6.45) is -0.386. The van der Waals surface area contributed by atoms with Crippen molar-refractivity contribution in [2.45, 2.75) is 19.1 Å². The summed E-state index contributed by atoms with van der Waals surface area (Å²) in [7, 11) is 0. The molecule has 0 spiro atoms. The largest absolute Gasteiger partial charge is 0.382 e. The van der Waals surface area contributed by atoms with E-state index in [0.717, 1.165) is 11.3 Å². The van der Waals surface area contributed by atoms with Crippen LogP contribution in [0.2, 0.25) is 0 Å². The molecule has 2 atom stereocenters. The van der Waals surface area contributed by atoms with Crippen molar-refractivity contribution in [3.8, 4) is 0 Å². The Hall–Kier alpha value is -0.800. The Morgan fingerprint density at radius 2 is 2.20 bits per heavy atom. The molecule has 0 aromatic heterocycles. The van der Waals surface area contributed by atoms with Gasteiger partial charge in [0.1, 0.15) is 6.10 Å². The maximum atomic E-state index is 10.0. The minimum Gasteiger partial charge on any atom is -0.382 e. The molecule has 1 aromatic carbocycles. The van der Waals surface area contributed by atoms with Crippen LogP contribution in [0.1, 0.15) is 18.6 Å². The Kier molecular flexibility index (Phi) is 3.44. The third kappa shape index (κ3) is 2.61. The molecule has 1 aliphatic heterocycles. The van der Waals surface area contributed by atoms with Gasteiger partial charge in [-0.15, -0.1) is 0 Å². The molecule has 1 aromatic rings. The highest BCUT2D eigenvalue weighted by molar-refractivity contribution is 8.12. The van der Waals surface area contributed by atoms with E-state index in [-0.39, 0.29) is 6.10 Å². The second-order valence-electron chi connectivity index (χ2n) is 3.91. The first-order chi connectivity index (χ1) is 7.27. The lowest BCUT2D eigenvalue weighted by Crippen LogP contribution is -2.25. The van der Waals surface area contributed by atoms with Gasteiger partial charge in [-0.3, -0.25) is 0 Å². The molecule has 2 rings (SSSR count). The second kappa shape index (κ2) is 4.81. The molecule has 1 N–H and O–H groups in total. The van der Waals surface area contributed by atoms with Crippen LogP contribution in [0.5, 0.6) is 0 Å². The quantitative estimate of drug-likeness (QED) is 0.789. The summed E-state index contributed by atoms with van der Waals surface area (Å²) in [6.45, 7) is 2.88. The third-order valence-electron chi connectivity index (χ3n) is 2.68. The predicted molar refractivity (Wildman–Crippen MR) is 64.5 cm³/mol. The first kappa shape index (κ1) is 10.7. The van der Waals surface area contributed by atoms with Gasteiger partial charge in [0.15, 0.2) is 18.1 Å². The van der Waals surface area contributed by atoms with Crippen LogP contribution in [0.25, 0.3) is 0 Å². The highest BCUT2D eigenvalue weighted by Crippen LogP contribution is 2.17. The SMILES string of the molecule is C[C@H]1CSC=[N+]1C[C@@H](O)c1ccccc1. The lowest BCUT2D eigenvalue weighted by molar-refractivity contribution is -0.557. The third-order valence-corrected chi connectivity index (χ3v) is 3.78. The van der Waals surface area contributed by atoms with E-state index < -0.39 is 0 Å². The number of benzene rings is 1. The minimum absolute atomic E-state index is 0.386. The van der Waals surface area contributed by atoms with E-state index in [1.54, 1.807) is 0 Å². The maximum Gasteiger partial charge on any atom is 0.198 e. The van der Waals surface area contributed by atoms with Crippen molar-refractivity contribution in [2.24, 2.45) is 0 Å². The van der Waals surface area contributed by atoms with E-state index in [0.29, 0.717) is 12.6 Å². The number of nitrogens with zero attached hydrogens (tertiary/aromatic N) is 1. The van der Waals surface area contributed by atoms with Crippen molar-refractivity contribution in [3.63, 3.8) is 0 Å². The molecule has 3 heteroatoms. The Labute approximate surface area is 94.6 Å². The first-order valence-corrected chi connectivity index (χ1v) is 6.26. The Balaban J connectivity index is 2.01. The molecule has 15 heavy (non-hydrogen) atoms. The number of β-amino-alcohol motifs (C(OH)–C–C–N with tert-alkyl or cyclic N) is 1. The van der Waals surface area contributed by atoms with Gasteiger partial charge in [-0.05, 0) is 12.5 Å². The standard InChI is InChI=1S/C12H16NOS/c1-10-8-15-9-13(10)7-12(14)11-5-3-2-4-6-11/h2-6,9-10,12,14H,7-8H2,1H3/q+1/t10-,12+/m0/s1. The van der Waals surface area contributed by atoms with Crippen LogP contribution in [0.4, 0.5) is 0 Å². The molecular weight excluding hydrogens is 206 g/mol. The van der Waals surface area contributed by atoms with Crippen LogP contribution in [0.15, 0.2) is 30.3 Å². The van der Waals surface area contributed by atoms with Gasteiger partial charge in [0, 0.05) is 0 Å². The Morgan fingerprint density at radius 1 is 1.47 bits per heavy atom. The fourth-order valence-corrected chi connectivity index (χ4v) is 2.72. The van der Waals surface area contributed by atoms with Crippen molar-refractivity contribution in [1.29, 1.82) is 0 Å². The summed E-state index contributed by atoms with van der Waals surface area (Å²) in [5.41, 5.74) is 3.12. The number of rotatable bonds is 3. The van der Waals surface area contributed by atoms with Crippen LogP contribution in [0.3, 0.4) is 0 Å². The van der Waals surface area contributed by atoms with E-state index in [1.807, 2.05) is 42.1 Å². The molecule has 80 valence electrons. The van der Waals surface area contributed by atoms with Crippen LogP contribution in [-0.4, -0.2) is 33.6 Å². The summed E-state index contributed by atoms with van der Waals surface area (Å²) in [5.74, 6) is 1.13. The molecule has 0 radical (unpaired) electrons. The van der Waals surface area contributed by atoms with Crippen LogP contribution in [-0.2, 0) is 0 Å². The number of thioether (sulfide) groups is 1. The van der Waals surface area contributed by atoms with Gasteiger partial charge in [0.05, 0.1) is 5.75 Å². The van der Waals surface area contributed by atoms with E-state index >= 15 is 0 Å². The molecule has 1 heterocycles. The fraction of sp³-hybridized carbons (Fsp3) is 0.417. The molecule has 0 saturated carbocycles. The Morgan fingerprint density at radius 3 is 2.80 bits per heavy atom. The zero-order valence-corrected chi connectivity index (χ0v) is 9.65. The molecular formula is C12H16NOS+. The van der Waals surface area contributed by atoms with Crippen molar-refractivity contribution in [2.75, 3.05) is 12.3 Å². The van der Waals surface area contributed by atoms with Crippen molar-refractivity contribution in [3.05, 3.63) is 35.9 Å². The van der Waals surface area contributed by atoms with Gasteiger partial charge in [-0.2, -0.15) is 0 Å². The summed E-state index contributed by atoms with van der Waals surface area (Å²) in [4.78, 5) is 0. The monoisotopic (exact) mass is 222 g/mol. The van der Waals surface area contributed by atoms with Crippen molar-refractivity contribution >= 4 is 17.3 Å². The molecule has 0 aliphatic carbocycles. The average Bonchev–Trinajstić information content (AvgIpc) is 2.66. The minimum atomic E-state index is -0.386. The molecule has 1 aliphatic rings. The summed E-state index contributed by atoms with van der Waals surface area (Å²) in [6, 6.07) is 10.4. The summed E-state index contributed by atoms with van der Waals surface area (Å²) >= 11 is 1.82. The van der Waals surface area contributed by atoms with Crippen molar-refractivity contribution in [1.82, 2.24) is 0 Å². The topological polar surface area (TPSA) is 23.2 Å². The predicted octanol–water partition coefficient (Wildman–Crippen LogP) is 1.90. The highest BCUT2D eigenvalue weighted by Gasteiger charge is 2.24. The number of hydrogen-bond donors (Lipinski definition) is 1. The van der Waals surface area contributed by atoms with E-state index in [1.165, 1.54) is 0 Å². The Bertz CT molecular complexity index is 350. The normalized spacial score (nSPS) is 22.5. The highest BCUT2D eigenvalue weighted by atomic mass is 32.2. The van der Waals surface area contributed by atoms with Gasteiger partial charge >= 0.3 is 0 Å². The lowest BCUT2D eigenvalue weighted by Gasteiger charge is -2.10. The van der Waals surface area contributed by atoms with Crippen LogP contribution >= 0.6 is 11.8 Å². The van der Waals surface area contributed by atoms with Gasteiger partial charge in [-0.25, -0.2) is 4.58 Å². The molecule has 0 bridgehead atoms. The summed E-state index contributed by atoms with van der Waals surface area (Å²) < 4.78 is 2.21. The number of hydrogen-bond acceptors (Lipinski definition) is 2. The summed E-state index contributed by atoms with van der Waals surface area (Å²) in [5, 5.41) is 10.0. The van der Waals surface area contributed by atoms with E-state index in [2.05, 4.69) is 17.0 Å². The second-order valence-corrected chi connectivity index (χ2v) is 4.79. The fourth-order valence-electron chi connectivity index (χ4n) is 1.68. The van der Waals surface area contributed by atoms with Crippen molar-refractivity contribution < 1.29 is 9.68 Å². The molecule has 0 unspecified atom stereocenters. The van der Waals surface area contributed by atoms with Crippen LogP contribution < -0.4 is 0 Å². The van der Waals surface area contributed by atoms with Crippen LogP contribution in [0, 0.1) is 0 Å². The smallest absolute Gasteiger partial charge is 0.198 e. The van der Waals surface area contributed by atoms with Gasteiger partial charge < -0.3 is 5.11 Å². The van der Waals surface area contributed by atoms with Gasteiger partial charge in [-0.1, -0.05) is 42.1 Å². The lowest BCUT2D eigenvalue weighted by atomic mass is 10.1. The molecule has 0 fully saturated rings. The molecule has 0 amide bonds. The first-order valence-electron chi connectivity index (χ1n) is 5.21. The zero-order valence-electron chi connectivity index (χ0n) is 8.84. The number of aliphatic hydroxyl groups excluding tert-OH is 1. The zero-order chi connectivity index (χ0) is 10.7. The van der Waals surface area contributed by atoms with E-state index in [4.69, 9.17) is 0 Å². The molecule has 0 saturated heterocycles. The van der Waals surface area contributed by atoms with Gasteiger partial charge in [0.25, 0.3) is 0 Å².